The Bertz CT molecular complexity index is 871. The first-order valence-electron chi connectivity index (χ1n) is 7.31. The van der Waals surface area contributed by atoms with E-state index in [9.17, 15) is 4.39 Å². The van der Waals surface area contributed by atoms with Crippen LogP contribution in [0, 0.1) is 17.1 Å². The second-order valence-corrected chi connectivity index (χ2v) is 5.05. The first kappa shape index (κ1) is 15.4. The van der Waals surface area contributed by atoms with Crippen LogP contribution in [0.15, 0.2) is 60.9 Å². The largest absolute Gasteiger partial charge is 0.366 e. The van der Waals surface area contributed by atoms with Gasteiger partial charge in [-0.2, -0.15) is 5.26 Å². The smallest absolute Gasteiger partial charge is 0.135 e. The molecule has 0 unspecified atom stereocenters. The quantitative estimate of drug-likeness (QED) is 0.747. The van der Waals surface area contributed by atoms with E-state index in [0.717, 1.165) is 5.69 Å². The molecule has 0 aliphatic rings. The van der Waals surface area contributed by atoms with Gasteiger partial charge in [0.1, 0.15) is 23.8 Å². The van der Waals surface area contributed by atoms with Gasteiger partial charge in [0.15, 0.2) is 0 Å². The van der Waals surface area contributed by atoms with E-state index in [1.165, 1.54) is 12.4 Å². The van der Waals surface area contributed by atoms with E-state index < -0.39 is 0 Å². The third-order valence-electron chi connectivity index (χ3n) is 3.37. The topological polar surface area (TPSA) is 73.6 Å². The zero-order valence-electron chi connectivity index (χ0n) is 12.7. The van der Waals surface area contributed by atoms with Crippen LogP contribution in [0.4, 0.5) is 21.7 Å². The van der Waals surface area contributed by atoms with Crippen LogP contribution in [0.25, 0.3) is 0 Å². The SMILES string of the molecule is N#Cc1ccc(Nc2cc(NCc3ccccc3F)ncn2)cc1. The van der Waals surface area contributed by atoms with Gasteiger partial charge in [-0.15, -0.1) is 0 Å². The third-order valence-corrected chi connectivity index (χ3v) is 3.37. The molecule has 0 saturated carbocycles. The molecular weight excluding hydrogens is 305 g/mol. The van der Waals surface area contributed by atoms with Crippen molar-refractivity contribution in [3.05, 3.63) is 77.9 Å². The average molecular weight is 319 g/mol. The highest BCUT2D eigenvalue weighted by Crippen LogP contribution is 2.17. The summed E-state index contributed by atoms with van der Waals surface area (Å²) < 4.78 is 13.6. The Kier molecular flexibility index (Phi) is 4.63. The molecule has 0 aliphatic carbocycles. The number of nitriles is 1. The van der Waals surface area contributed by atoms with Gasteiger partial charge in [0.05, 0.1) is 11.6 Å². The Labute approximate surface area is 138 Å². The van der Waals surface area contributed by atoms with Gasteiger partial charge in [-0.1, -0.05) is 18.2 Å². The molecule has 3 rings (SSSR count). The summed E-state index contributed by atoms with van der Waals surface area (Å²) >= 11 is 0. The highest BCUT2D eigenvalue weighted by molar-refractivity contribution is 5.59. The van der Waals surface area contributed by atoms with Crippen molar-refractivity contribution in [3.8, 4) is 6.07 Å². The predicted molar refractivity (Wildman–Crippen MR) is 90.2 cm³/mol. The summed E-state index contributed by atoms with van der Waals surface area (Å²) in [6.07, 6.45) is 1.43. The molecule has 0 atom stereocenters. The summed E-state index contributed by atoms with van der Waals surface area (Å²) in [4.78, 5) is 8.27. The van der Waals surface area contributed by atoms with Gasteiger partial charge in [-0.3, -0.25) is 0 Å². The number of halogens is 1. The second-order valence-electron chi connectivity index (χ2n) is 5.05. The van der Waals surface area contributed by atoms with Crippen LogP contribution in [0.2, 0.25) is 0 Å². The van der Waals surface area contributed by atoms with Crippen LogP contribution in [-0.2, 0) is 6.54 Å². The van der Waals surface area contributed by atoms with Crippen LogP contribution in [0.3, 0.4) is 0 Å². The summed E-state index contributed by atoms with van der Waals surface area (Å²) in [6, 6.07) is 17.4. The summed E-state index contributed by atoms with van der Waals surface area (Å²) in [5, 5.41) is 15.0. The zero-order chi connectivity index (χ0) is 16.8. The van der Waals surface area contributed by atoms with E-state index in [1.54, 1.807) is 48.5 Å². The first-order valence-corrected chi connectivity index (χ1v) is 7.31. The minimum atomic E-state index is -0.255. The van der Waals surface area contributed by atoms with Crippen LogP contribution in [0.5, 0.6) is 0 Å². The predicted octanol–water partition coefficient (Wildman–Crippen LogP) is 3.84. The second kappa shape index (κ2) is 7.20. The molecule has 5 nitrogen and oxygen atoms in total. The molecule has 0 radical (unpaired) electrons. The number of nitrogens with zero attached hydrogens (tertiary/aromatic N) is 3. The molecule has 0 amide bonds. The number of aromatic nitrogens is 2. The minimum absolute atomic E-state index is 0.255. The van der Waals surface area contributed by atoms with E-state index in [0.29, 0.717) is 29.3 Å². The molecular formula is C18H14FN5. The number of rotatable bonds is 5. The third kappa shape index (κ3) is 3.84. The van der Waals surface area contributed by atoms with Crippen molar-refractivity contribution in [2.45, 2.75) is 6.54 Å². The van der Waals surface area contributed by atoms with Crippen molar-refractivity contribution in [1.82, 2.24) is 9.97 Å². The maximum absolute atomic E-state index is 13.6. The number of hydrogen-bond donors (Lipinski definition) is 2. The lowest BCUT2D eigenvalue weighted by atomic mass is 10.2. The Morgan fingerprint density at radius 3 is 2.50 bits per heavy atom. The first-order chi connectivity index (χ1) is 11.7. The Hall–Kier alpha value is -3.46. The van der Waals surface area contributed by atoms with Gasteiger partial charge in [-0.25, -0.2) is 14.4 Å². The highest BCUT2D eigenvalue weighted by Gasteiger charge is 2.03. The fourth-order valence-electron chi connectivity index (χ4n) is 2.13. The normalized spacial score (nSPS) is 10.0. The molecule has 24 heavy (non-hydrogen) atoms. The summed E-state index contributed by atoms with van der Waals surface area (Å²) in [6.45, 7) is 0.333. The van der Waals surface area contributed by atoms with Crippen LogP contribution in [0.1, 0.15) is 11.1 Å². The molecule has 118 valence electrons. The molecule has 2 aromatic carbocycles. The fraction of sp³-hybridized carbons (Fsp3) is 0.0556. The van der Waals surface area contributed by atoms with Crippen molar-refractivity contribution < 1.29 is 4.39 Å². The molecule has 0 saturated heterocycles. The highest BCUT2D eigenvalue weighted by atomic mass is 19.1. The molecule has 0 bridgehead atoms. The fourth-order valence-corrected chi connectivity index (χ4v) is 2.13. The Morgan fingerprint density at radius 1 is 1.00 bits per heavy atom. The Morgan fingerprint density at radius 2 is 1.75 bits per heavy atom. The molecule has 0 aliphatic heterocycles. The van der Waals surface area contributed by atoms with Gasteiger partial charge in [0.25, 0.3) is 0 Å². The molecule has 3 aromatic rings. The van der Waals surface area contributed by atoms with Crippen molar-refractivity contribution in [3.63, 3.8) is 0 Å². The molecule has 1 aromatic heterocycles. The standard InChI is InChI=1S/C18H14FN5/c19-16-4-2-1-3-14(16)11-21-17-9-18(23-12-22-17)24-15-7-5-13(10-20)6-8-15/h1-9,12H,11H2,(H2,21,22,23,24). The molecule has 0 fully saturated rings. The summed E-state index contributed by atoms with van der Waals surface area (Å²) in [5.74, 6) is 0.935. The van der Waals surface area contributed by atoms with Crippen LogP contribution in [-0.4, -0.2) is 9.97 Å². The molecule has 1 heterocycles. The van der Waals surface area contributed by atoms with Gasteiger partial charge in [-0.05, 0) is 30.3 Å². The maximum atomic E-state index is 13.6. The zero-order valence-corrected chi connectivity index (χ0v) is 12.7. The van der Waals surface area contributed by atoms with Gasteiger partial charge in [0.2, 0.25) is 0 Å². The maximum Gasteiger partial charge on any atom is 0.135 e. The lowest BCUT2D eigenvalue weighted by Crippen LogP contribution is -2.04. The van der Waals surface area contributed by atoms with Crippen LogP contribution < -0.4 is 10.6 Å². The number of hydrogen-bond acceptors (Lipinski definition) is 5. The van der Waals surface area contributed by atoms with Crippen LogP contribution >= 0.6 is 0 Å². The van der Waals surface area contributed by atoms with E-state index >= 15 is 0 Å². The van der Waals surface area contributed by atoms with Crippen molar-refractivity contribution in [2.75, 3.05) is 10.6 Å². The molecule has 2 N–H and O–H groups in total. The molecule has 0 spiro atoms. The number of anilines is 3. The molecule has 6 heteroatoms. The Balaban J connectivity index is 1.67. The summed E-state index contributed by atoms with van der Waals surface area (Å²) in [7, 11) is 0. The van der Waals surface area contributed by atoms with Crippen molar-refractivity contribution in [1.29, 1.82) is 5.26 Å². The van der Waals surface area contributed by atoms with Gasteiger partial charge in [0, 0.05) is 23.9 Å². The van der Waals surface area contributed by atoms with E-state index in [4.69, 9.17) is 5.26 Å². The average Bonchev–Trinajstić information content (AvgIpc) is 2.62. The van der Waals surface area contributed by atoms with Gasteiger partial charge >= 0.3 is 0 Å². The van der Waals surface area contributed by atoms with E-state index in [2.05, 4.69) is 26.7 Å². The summed E-state index contributed by atoms with van der Waals surface area (Å²) in [5.41, 5.74) is 1.97. The van der Waals surface area contributed by atoms with E-state index in [1.807, 2.05) is 0 Å². The minimum Gasteiger partial charge on any atom is -0.366 e. The monoisotopic (exact) mass is 319 g/mol. The lowest BCUT2D eigenvalue weighted by Gasteiger charge is -2.09. The number of benzene rings is 2. The van der Waals surface area contributed by atoms with E-state index in [-0.39, 0.29) is 5.82 Å². The lowest BCUT2D eigenvalue weighted by molar-refractivity contribution is 0.613. The van der Waals surface area contributed by atoms with Gasteiger partial charge < -0.3 is 10.6 Å². The number of nitrogens with one attached hydrogen (secondary N) is 2. The van der Waals surface area contributed by atoms with Crippen molar-refractivity contribution in [2.24, 2.45) is 0 Å². The van der Waals surface area contributed by atoms with Crippen molar-refractivity contribution >= 4 is 17.3 Å².